The second-order valence-electron chi connectivity index (χ2n) is 9.94. The molecule has 6 rings (SSSR count). The largest absolute Gasteiger partial charge is 0.383 e. The van der Waals surface area contributed by atoms with Crippen molar-refractivity contribution < 1.29 is 0 Å². The quantitative estimate of drug-likeness (QED) is 0.141. The molecule has 4 heteroatoms. The number of hydrogen-bond acceptors (Lipinski definition) is 3. The van der Waals surface area contributed by atoms with E-state index in [0.717, 1.165) is 39.5 Å². The van der Waals surface area contributed by atoms with Gasteiger partial charge in [0, 0.05) is 28.7 Å². The lowest BCUT2D eigenvalue weighted by Crippen LogP contribution is -2.13. The molecule has 5 aromatic carbocycles. The molecular formula is C36H30N4. The van der Waals surface area contributed by atoms with Crippen molar-refractivity contribution in [2.24, 2.45) is 10.7 Å². The number of benzene rings is 5. The lowest BCUT2D eigenvalue weighted by atomic mass is 9.85. The molecule has 1 aromatic heterocycles. The Balaban J connectivity index is 1.52. The third kappa shape index (κ3) is 4.65. The van der Waals surface area contributed by atoms with E-state index >= 15 is 0 Å². The van der Waals surface area contributed by atoms with Gasteiger partial charge in [-0.25, -0.2) is 15.0 Å². The summed E-state index contributed by atoms with van der Waals surface area (Å²) in [6, 6.07) is 36.2. The molecule has 0 aliphatic rings. The maximum absolute atomic E-state index is 6.28. The van der Waals surface area contributed by atoms with Crippen LogP contribution in [0, 0.1) is 6.92 Å². The van der Waals surface area contributed by atoms with Crippen molar-refractivity contribution in [2.45, 2.75) is 20.8 Å². The molecular weight excluding hydrogens is 488 g/mol. The van der Waals surface area contributed by atoms with Crippen molar-refractivity contribution in [3.8, 4) is 33.6 Å². The van der Waals surface area contributed by atoms with Crippen LogP contribution in [0.25, 0.3) is 55.2 Å². The molecule has 0 bridgehead atoms. The maximum atomic E-state index is 6.28. The number of nitrogens with two attached hydrogens (primary N) is 1. The number of fused-ring (bicyclic) bond motifs is 2. The lowest BCUT2D eigenvalue weighted by Gasteiger charge is -2.18. The Morgan fingerprint density at radius 2 is 1.15 bits per heavy atom. The SMILES string of the molecule is C/C=C(C)\N=C(/N)c1ccc(-c2c3ccccc3c(-c3ccc(-c4nccc(C)n4)cc3)c3ccccc23)cc1. The first-order chi connectivity index (χ1) is 19.5. The number of aryl methyl sites for hydroxylation is 1. The van der Waals surface area contributed by atoms with Crippen LogP contribution in [-0.2, 0) is 0 Å². The molecule has 0 radical (unpaired) electrons. The normalized spacial score (nSPS) is 12.3. The number of hydrogen-bond donors (Lipinski definition) is 1. The molecule has 0 aliphatic carbocycles. The van der Waals surface area contributed by atoms with Gasteiger partial charge in [0.05, 0.1) is 0 Å². The molecule has 0 atom stereocenters. The van der Waals surface area contributed by atoms with E-state index in [4.69, 9.17) is 5.73 Å². The van der Waals surface area contributed by atoms with Crippen LogP contribution in [0.1, 0.15) is 25.1 Å². The number of rotatable bonds is 5. The summed E-state index contributed by atoms with van der Waals surface area (Å²) in [5.74, 6) is 1.26. The van der Waals surface area contributed by atoms with Crippen LogP contribution in [0.3, 0.4) is 0 Å². The van der Waals surface area contributed by atoms with Gasteiger partial charge in [-0.05, 0) is 70.6 Å². The van der Waals surface area contributed by atoms with Crippen LogP contribution in [0.5, 0.6) is 0 Å². The van der Waals surface area contributed by atoms with Gasteiger partial charge in [0.1, 0.15) is 5.84 Å². The molecule has 194 valence electrons. The highest BCUT2D eigenvalue weighted by molar-refractivity contribution is 6.21. The summed E-state index contributed by atoms with van der Waals surface area (Å²) in [5, 5.41) is 4.84. The van der Waals surface area contributed by atoms with E-state index in [-0.39, 0.29) is 0 Å². The van der Waals surface area contributed by atoms with Crippen LogP contribution in [0.15, 0.2) is 126 Å². The molecule has 0 saturated heterocycles. The zero-order valence-electron chi connectivity index (χ0n) is 22.9. The smallest absolute Gasteiger partial charge is 0.159 e. The minimum atomic E-state index is 0.520. The summed E-state index contributed by atoms with van der Waals surface area (Å²) < 4.78 is 0. The van der Waals surface area contributed by atoms with E-state index in [9.17, 15) is 0 Å². The molecule has 1 heterocycles. The second kappa shape index (κ2) is 10.6. The summed E-state index contributed by atoms with van der Waals surface area (Å²) in [4.78, 5) is 13.6. The van der Waals surface area contributed by atoms with Crippen molar-refractivity contribution in [3.63, 3.8) is 0 Å². The summed E-state index contributed by atoms with van der Waals surface area (Å²) in [7, 11) is 0. The lowest BCUT2D eigenvalue weighted by molar-refractivity contribution is 1.11. The van der Waals surface area contributed by atoms with E-state index in [0.29, 0.717) is 5.84 Å². The molecule has 0 amide bonds. The van der Waals surface area contributed by atoms with Crippen molar-refractivity contribution in [3.05, 3.63) is 132 Å². The van der Waals surface area contributed by atoms with Crippen LogP contribution in [-0.4, -0.2) is 15.8 Å². The van der Waals surface area contributed by atoms with Crippen LogP contribution in [0.4, 0.5) is 0 Å². The van der Waals surface area contributed by atoms with E-state index < -0.39 is 0 Å². The van der Waals surface area contributed by atoms with Gasteiger partial charge < -0.3 is 5.73 Å². The molecule has 0 spiro atoms. The third-order valence-corrected chi connectivity index (χ3v) is 7.34. The summed E-state index contributed by atoms with van der Waals surface area (Å²) >= 11 is 0. The van der Waals surface area contributed by atoms with E-state index in [2.05, 4.69) is 112 Å². The average Bonchev–Trinajstić information content (AvgIpc) is 3.00. The Hall–Kier alpha value is -5.09. The van der Waals surface area contributed by atoms with Crippen molar-refractivity contribution in [2.75, 3.05) is 0 Å². The van der Waals surface area contributed by atoms with E-state index in [1.165, 1.54) is 32.7 Å². The van der Waals surface area contributed by atoms with Gasteiger partial charge in [-0.2, -0.15) is 0 Å². The maximum Gasteiger partial charge on any atom is 0.159 e. The predicted molar refractivity (Wildman–Crippen MR) is 168 cm³/mol. The zero-order chi connectivity index (χ0) is 27.6. The first kappa shape index (κ1) is 25.2. The van der Waals surface area contributed by atoms with Gasteiger partial charge >= 0.3 is 0 Å². The number of amidine groups is 1. The second-order valence-corrected chi connectivity index (χ2v) is 9.94. The average molecular weight is 519 g/mol. The minimum absolute atomic E-state index is 0.520. The molecule has 40 heavy (non-hydrogen) atoms. The van der Waals surface area contributed by atoms with Gasteiger partial charge in [0.25, 0.3) is 0 Å². The molecule has 0 unspecified atom stereocenters. The summed E-state index contributed by atoms with van der Waals surface area (Å²) in [6.45, 7) is 5.90. The van der Waals surface area contributed by atoms with Gasteiger partial charge in [-0.15, -0.1) is 0 Å². The Morgan fingerprint density at radius 3 is 1.62 bits per heavy atom. The topological polar surface area (TPSA) is 64.2 Å². The first-order valence-corrected chi connectivity index (χ1v) is 13.5. The molecule has 0 fully saturated rings. The van der Waals surface area contributed by atoms with Gasteiger partial charge in [0.15, 0.2) is 5.82 Å². The molecule has 2 N–H and O–H groups in total. The highest BCUT2D eigenvalue weighted by Crippen LogP contribution is 2.43. The fourth-order valence-corrected chi connectivity index (χ4v) is 5.25. The fraction of sp³-hybridized carbons (Fsp3) is 0.0833. The first-order valence-electron chi connectivity index (χ1n) is 13.5. The van der Waals surface area contributed by atoms with Crippen LogP contribution in [0.2, 0.25) is 0 Å². The number of aromatic nitrogens is 2. The monoisotopic (exact) mass is 518 g/mol. The molecule has 0 aliphatic heterocycles. The van der Waals surface area contributed by atoms with E-state index in [1.807, 2.05) is 39.1 Å². The third-order valence-electron chi connectivity index (χ3n) is 7.34. The minimum Gasteiger partial charge on any atom is -0.383 e. The highest BCUT2D eigenvalue weighted by atomic mass is 14.9. The number of allylic oxidation sites excluding steroid dienone is 2. The number of nitrogens with zero attached hydrogens (tertiary/aromatic N) is 3. The Morgan fingerprint density at radius 1 is 0.675 bits per heavy atom. The Kier molecular flexibility index (Phi) is 6.67. The molecule has 4 nitrogen and oxygen atoms in total. The van der Waals surface area contributed by atoms with Gasteiger partial charge in [-0.1, -0.05) is 103 Å². The number of aliphatic imine (C=N–C) groups is 1. The zero-order valence-corrected chi connectivity index (χ0v) is 22.9. The molecule has 0 saturated carbocycles. The van der Waals surface area contributed by atoms with Gasteiger partial charge in [0.2, 0.25) is 0 Å². The Labute approximate surface area is 234 Å². The fourth-order valence-electron chi connectivity index (χ4n) is 5.25. The predicted octanol–water partition coefficient (Wildman–Crippen LogP) is 8.72. The van der Waals surface area contributed by atoms with Crippen molar-refractivity contribution in [1.82, 2.24) is 9.97 Å². The molecule has 6 aromatic rings. The van der Waals surface area contributed by atoms with Crippen LogP contribution < -0.4 is 5.73 Å². The summed E-state index contributed by atoms with van der Waals surface area (Å²) in [6.07, 6.45) is 3.76. The van der Waals surface area contributed by atoms with Crippen molar-refractivity contribution >= 4 is 27.4 Å². The van der Waals surface area contributed by atoms with Crippen LogP contribution >= 0.6 is 0 Å². The standard InChI is InChI=1S/C36H30N4/c1-4-23(2)39-35(37)27-17-13-25(14-18-27)33-29-9-5-7-11-31(29)34(32-12-8-6-10-30(32)33)26-15-19-28(20-16-26)36-38-22-21-24(3)40-36/h4-22H,1-3H3,(H2,37,39)/b23-4-. The van der Waals surface area contributed by atoms with Gasteiger partial charge in [-0.3, -0.25) is 0 Å². The highest BCUT2D eigenvalue weighted by Gasteiger charge is 2.17. The summed E-state index contributed by atoms with van der Waals surface area (Å²) in [5.41, 5.74) is 14.8. The van der Waals surface area contributed by atoms with Crippen molar-refractivity contribution in [1.29, 1.82) is 0 Å². The Bertz CT molecular complexity index is 1860. The van der Waals surface area contributed by atoms with E-state index in [1.54, 1.807) is 0 Å².